The number of carbonyl (C=O) groups excluding carboxylic acids is 1. The van der Waals surface area contributed by atoms with Crippen molar-refractivity contribution in [2.45, 2.75) is 59.3 Å². The van der Waals surface area contributed by atoms with Gasteiger partial charge in [-0.1, -0.05) is 18.6 Å². The zero-order valence-corrected chi connectivity index (χ0v) is 17.9. The molecule has 0 saturated carbocycles. The first kappa shape index (κ1) is 21.8. The standard InChI is InChI=1S/C25H30O5/c1-17(6-4-8-18(2)12-23-24(26)19(3)25(27)30-23)7-5-9-20-13-22(29-16-20)14-21-10-11-28-15-21/h7,10-13,15-16,18,26H,4-6,8-9,14H2,1-3H3/t18-/m1/s1. The monoisotopic (exact) mass is 410 g/mol. The van der Waals surface area contributed by atoms with Crippen molar-refractivity contribution in [3.05, 3.63) is 82.6 Å². The molecule has 5 nitrogen and oxygen atoms in total. The molecule has 5 heteroatoms. The van der Waals surface area contributed by atoms with Gasteiger partial charge in [-0.15, -0.1) is 0 Å². The third-order valence-electron chi connectivity index (χ3n) is 5.36. The minimum absolute atomic E-state index is 0.0323. The second kappa shape index (κ2) is 10.2. The van der Waals surface area contributed by atoms with Crippen molar-refractivity contribution in [1.29, 1.82) is 0 Å². The highest BCUT2D eigenvalue weighted by Crippen LogP contribution is 2.26. The van der Waals surface area contributed by atoms with Gasteiger partial charge in [0.1, 0.15) is 5.76 Å². The maximum Gasteiger partial charge on any atom is 0.343 e. The smallest absolute Gasteiger partial charge is 0.343 e. The van der Waals surface area contributed by atoms with Crippen LogP contribution in [0.5, 0.6) is 0 Å². The molecule has 1 atom stereocenters. The van der Waals surface area contributed by atoms with Crippen LogP contribution in [0.25, 0.3) is 0 Å². The Balaban J connectivity index is 1.37. The predicted molar refractivity (Wildman–Crippen MR) is 115 cm³/mol. The number of aryl methyl sites for hydroxylation is 1. The molecule has 0 amide bonds. The molecule has 30 heavy (non-hydrogen) atoms. The Morgan fingerprint density at radius 2 is 2.10 bits per heavy atom. The average molecular weight is 411 g/mol. The summed E-state index contributed by atoms with van der Waals surface area (Å²) < 4.78 is 15.8. The number of furan rings is 2. The number of esters is 1. The molecule has 3 rings (SSSR count). The lowest BCUT2D eigenvalue weighted by atomic mass is 9.99. The van der Waals surface area contributed by atoms with Gasteiger partial charge < -0.3 is 18.7 Å². The van der Waals surface area contributed by atoms with Gasteiger partial charge >= 0.3 is 5.97 Å². The molecular formula is C25H30O5. The molecule has 1 N–H and O–H groups in total. The van der Waals surface area contributed by atoms with Crippen LogP contribution in [0.15, 0.2) is 74.6 Å². The summed E-state index contributed by atoms with van der Waals surface area (Å²) in [5.41, 5.74) is 3.98. The third-order valence-corrected chi connectivity index (χ3v) is 5.36. The first-order valence-electron chi connectivity index (χ1n) is 10.5. The van der Waals surface area contributed by atoms with Gasteiger partial charge in [0, 0.05) is 6.42 Å². The Labute approximate surface area is 177 Å². The van der Waals surface area contributed by atoms with E-state index in [4.69, 9.17) is 13.6 Å². The van der Waals surface area contributed by atoms with Gasteiger partial charge in [-0.25, -0.2) is 4.79 Å². The summed E-state index contributed by atoms with van der Waals surface area (Å²) in [6.45, 7) is 5.81. The maximum absolute atomic E-state index is 11.5. The molecule has 0 unspecified atom stereocenters. The number of ether oxygens (including phenoxy) is 1. The van der Waals surface area contributed by atoms with Gasteiger partial charge in [-0.05, 0) is 81.2 Å². The van der Waals surface area contributed by atoms with E-state index < -0.39 is 5.97 Å². The Kier molecular flexibility index (Phi) is 7.39. The molecule has 160 valence electrons. The Morgan fingerprint density at radius 1 is 1.27 bits per heavy atom. The Bertz CT molecular complexity index is 940. The van der Waals surface area contributed by atoms with Crippen LogP contribution >= 0.6 is 0 Å². The molecule has 0 saturated heterocycles. The van der Waals surface area contributed by atoms with E-state index in [0.717, 1.165) is 49.8 Å². The van der Waals surface area contributed by atoms with Crippen LogP contribution in [-0.2, 0) is 22.4 Å². The molecule has 0 bridgehead atoms. The number of hydrogen-bond acceptors (Lipinski definition) is 5. The summed E-state index contributed by atoms with van der Waals surface area (Å²) in [4.78, 5) is 11.5. The summed E-state index contributed by atoms with van der Waals surface area (Å²) in [6, 6.07) is 4.07. The molecular weight excluding hydrogens is 380 g/mol. The summed E-state index contributed by atoms with van der Waals surface area (Å²) in [5, 5.41) is 9.89. The van der Waals surface area contributed by atoms with E-state index in [2.05, 4.69) is 26.0 Å². The molecule has 2 aromatic heterocycles. The molecule has 0 radical (unpaired) electrons. The topological polar surface area (TPSA) is 72.8 Å². The number of cyclic esters (lactones) is 1. The zero-order valence-electron chi connectivity index (χ0n) is 17.9. The van der Waals surface area contributed by atoms with E-state index in [1.54, 1.807) is 19.5 Å². The van der Waals surface area contributed by atoms with Crippen molar-refractivity contribution in [1.82, 2.24) is 0 Å². The normalized spacial score (nSPS) is 17.1. The van der Waals surface area contributed by atoms with Crippen molar-refractivity contribution in [2.24, 2.45) is 5.92 Å². The van der Waals surface area contributed by atoms with Crippen LogP contribution in [0.1, 0.15) is 63.3 Å². The van der Waals surface area contributed by atoms with Crippen LogP contribution in [-0.4, -0.2) is 11.1 Å². The van der Waals surface area contributed by atoms with Crippen molar-refractivity contribution in [3.63, 3.8) is 0 Å². The molecule has 0 spiro atoms. The van der Waals surface area contributed by atoms with E-state index in [-0.39, 0.29) is 17.3 Å². The van der Waals surface area contributed by atoms with Gasteiger partial charge in [0.25, 0.3) is 0 Å². The minimum Gasteiger partial charge on any atom is -0.504 e. The molecule has 2 aromatic rings. The molecule has 1 aliphatic rings. The highest BCUT2D eigenvalue weighted by Gasteiger charge is 2.26. The highest BCUT2D eigenvalue weighted by atomic mass is 16.6. The zero-order chi connectivity index (χ0) is 21.5. The fourth-order valence-electron chi connectivity index (χ4n) is 3.50. The highest BCUT2D eigenvalue weighted by molar-refractivity contribution is 5.93. The SMILES string of the molecule is CC(=CCCc1coc(Cc2ccoc2)c1)CCC[C@@H](C)C=C1OC(=O)C(C)=C1O. The quantitative estimate of drug-likeness (QED) is 0.361. The fourth-order valence-corrected chi connectivity index (χ4v) is 3.50. The Hall–Kier alpha value is -2.95. The van der Waals surface area contributed by atoms with Crippen molar-refractivity contribution in [3.8, 4) is 0 Å². The molecule has 0 fully saturated rings. The number of carbonyl (C=O) groups is 1. The summed E-state index contributed by atoms with van der Waals surface area (Å²) >= 11 is 0. The van der Waals surface area contributed by atoms with Gasteiger partial charge in [0.15, 0.2) is 11.5 Å². The van der Waals surface area contributed by atoms with E-state index in [9.17, 15) is 9.90 Å². The first-order valence-corrected chi connectivity index (χ1v) is 10.5. The minimum atomic E-state index is -0.462. The largest absolute Gasteiger partial charge is 0.504 e. The van der Waals surface area contributed by atoms with Crippen LogP contribution < -0.4 is 0 Å². The number of allylic oxidation sites excluding steroid dienone is 3. The van der Waals surface area contributed by atoms with E-state index >= 15 is 0 Å². The summed E-state index contributed by atoms with van der Waals surface area (Å²) in [6.07, 6.45) is 15.2. The predicted octanol–water partition coefficient (Wildman–Crippen LogP) is 6.42. The van der Waals surface area contributed by atoms with Crippen LogP contribution in [0, 0.1) is 5.92 Å². The average Bonchev–Trinajstić information content (AvgIpc) is 3.43. The van der Waals surface area contributed by atoms with Crippen molar-refractivity contribution in [2.75, 3.05) is 0 Å². The Morgan fingerprint density at radius 3 is 2.80 bits per heavy atom. The summed E-state index contributed by atoms with van der Waals surface area (Å²) in [5.74, 6) is 0.989. The lowest BCUT2D eigenvalue weighted by molar-refractivity contribution is -0.133. The lowest BCUT2D eigenvalue weighted by Crippen LogP contribution is -1.97. The van der Waals surface area contributed by atoms with Crippen molar-refractivity contribution >= 4 is 5.97 Å². The molecule has 0 aliphatic carbocycles. The van der Waals surface area contributed by atoms with Crippen LogP contribution in [0.3, 0.4) is 0 Å². The van der Waals surface area contributed by atoms with Gasteiger partial charge in [0.2, 0.25) is 0 Å². The maximum atomic E-state index is 11.5. The number of aliphatic hydroxyl groups excluding tert-OH is 1. The molecule has 1 aliphatic heterocycles. The first-order chi connectivity index (χ1) is 14.4. The number of hydrogen-bond donors (Lipinski definition) is 1. The molecule has 0 aromatic carbocycles. The van der Waals surface area contributed by atoms with Crippen LogP contribution in [0.2, 0.25) is 0 Å². The molecule has 3 heterocycles. The fraction of sp³-hybridized carbons (Fsp3) is 0.400. The number of rotatable bonds is 10. The summed E-state index contributed by atoms with van der Waals surface area (Å²) in [7, 11) is 0. The second-order valence-electron chi connectivity index (χ2n) is 8.08. The lowest BCUT2D eigenvalue weighted by Gasteiger charge is -2.08. The second-order valence-corrected chi connectivity index (χ2v) is 8.08. The van der Waals surface area contributed by atoms with Gasteiger partial charge in [-0.2, -0.15) is 0 Å². The van der Waals surface area contributed by atoms with Crippen LogP contribution in [0.4, 0.5) is 0 Å². The van der Waals surface area contributed by atoms with E-state index in [1.807, 2.05) is 18.4 Å². The van der Waals surface area contributed by atoms with E-state index in [1.165, 1.54) is 11.1 Å². The van der Waals surface area contributed by atoms with E-state index in [0.29, 0.717) is 5.76 Å². The van der Waals surface area contributed by atoms with Gasteiger partial charge in [-0.3, -0.25) is 0 Å². The number of aliphatic hydroxyl groups is 1. The third kappa shape index (κ3) is 6.02. The van der Waals surface area contributed by atoms with Gasteiger partial charge in [0.05, 0.1) is 24.4 Å². The van der Waals surface area contributed by atoms with Crippen molar-refractivity contribution < 1.29 is 23.5 Å².